The summed E-state index contributed by atoms with van der Waals surface area (Å²) in [6, 6.07) is 8.10. The predicted octanol–water partition coefficient (Wildman–Crippen LogP) is 4.20. The largest absolute Gasteiger partial charge is 0.494 e. The molecule has 1 amide bonds. The van der Waals surface area contributed by atoms with Crippen LogP contribution in [0.5, 0.6) is 5.75 Å². The van der Waals surface area contributed by atoms with Gasteiger partial charge in [0.15, 0.2) is 0 Å². The summed E-state index contributed by atoms with van der Waals surface area (Å²) in [5.41, 5.74) is 1.52. The van der Waals surface area contributed by atoms with Crippen LogP contribution in [0.25, 0.3) is 10.6 Å². The van der Waals surface area contributed by atoms with E-state index in [0.29, 0.717) is 12.3 Å². The maximum atomic E-state index is 12.5. The molecule has 1 aromatic carbocycles. The van der Waals surface area contributed by atoms with Crippen molar-refractivity contribution in [3.8, 4) is 16.3 Å². The van der Waals surface area contributed by atoms with E-state index >= 15 is 0 Å². The molecule has 0 unspecified atom stereocenters. The Balaban J connectivity index is 1.53. The first-order valence-electron chi connectivity index (χ1n) is 9.91. The average Bonchev–Trinajstić information content (AvgIpc) is 3.19. The number of benzene rings is 1. The van der Waals surface area contributed by atoms with Crippen molar-refractivity contribution in [3.63, 3.8) is 0 Å². The van der Waals surface area contributed by atoms with Crippen molar-refractivity contribution < 1.29 is 9.53 Å². The second kappa shape index (κ2) is 9.85. The molecule has 1 aliphatic heterocycles. The van der Waals surface area contributed by atoms with E-state index in [1.54, 1.807) is 0 Å². The number of ether oxygens (including phenoxy) is 1. The highest BCUT2D eigenvalue weighted by molar-refractivity contribution is 7.13. The van der Waals surface area contributed by atoms with Crippen LogP contribution in [0.3, 0.4) is 0 Å². The van der Waals surface area contributed by atoms with E-state index in [1.807, 2.05) is 36.6 Å². The monoisotopic (exact) mass is 387 g/mol. The fourth-order valence-corrected chi connectivity index (χ4v) is 4.12. The van der Waals surface area contributed by atoms with E-state index in [2.05, 4.69) is 22.1 Å². The zero-order valence-corrected chi connectivity index (χ0v) is 17.1. The van der Waals surface area contributed by atoms with Crippen molar-refractivity contribution >= 4 is 17.2 Å². The summed E-state index contributed by atoms with van der Waals surface area (Å²) < 4.78 is 5.47. The van der Waals surface area contributed by atoms with Gasteiger partial charge < -0.3 is 15.0 Å². The zero-order chi connectivity index (χ0) is 19.1. The third-order valence-corrected chi connectivity index (χ3v) is 5.79. The average molecular weight is 388 g/mol. The number of carbonyl (C=O) groups is 1. The number of amides is 1. The number of hydrogen-bond acceptors (Lipinski definition) is 5. The van der Waals surface area contributed by atoms with Crippen LogP contribution >= 0.6 is 11.3 Å². The van der Waals surface area contributed by atoms with Crippen molar-refractivity contribution in [2.24, 2.45) is 0 Å². The smallest absolute Gasteiger partial charge is 0.270 e. The van der Waals surface area contributed by atoms with Gasteiger partial charge in [-0.25, -0.2) is 4.98 Å². The second-order valence-electron chi connectivity index (χ2n) is 6.94. The Morgan fingerprint density at radius 2 is 2.00 bits per heavy atom. The minimum Gasteiger partial charge on any atom is -0.494 e. The number of nitrogens with one attached hydrogen (secondary N) is 1. The molecule has 146 valence electrons. The number of unbranched alkanes of at least 4 members (excludes halogenated alkanes) is 1. The van der Waals surface area contributed by atoms with E-state index in [1.165, 1.54) is 30.7 Å². The minimum absolute atomic E-state index is 0.0598. The summed E-state index contributed by atoms with van der Waals surface area (Å²) in [5.74, 6) is 0.788. The van der Waals surface area contributed by atoms with E-state index in [4.69, 9.17) is 4.74 Å². The highest BCUT2D eigenvalue weighted by Crippen LogP contribution is 2.26. The molecule has 27 heavy (non-hydrogen) atoms. The molecule has 2 aromatic rings. The molecule has 1 saturated heterocycles. The summed E-state index contributed by atoms with van der Waals surface area (Å²) in [6.45, 7) is 8.16. The second-order valence-corrected chi connectivity index (χ2v) is 7.80. The fourth-order valence-electron chi connectivity index (χ4n) is 3.31. The van der Waals surface area contributed by atoms with Gasteiger partial charge in [0.25, 0.3) is 5.91 Å². The van der Waals surface area contributed by atoms with Gasteiger partial charge in [0.2, 0.25) is 0 Å². The van der Waals surface area contributed by atoms with Gasteiger partial charge >= 0.3 is 0 Å². The van der Waals surface area contributed by atoms with Crippen molar-refractivity contribution in [3.05, 3.63) is 35.3 Å². The molecule has 1 fully saturated rings. The quantitative estimate of drug-likeness (QED) is 0.737. The summed E-state index contributed by atoms with van der Waals surface area (Å²) >= 11 is 1.50. The Kier molecular flexibility index (Phi) is 7.24. The fraction of sp³-hybridized carbons (Fsp3) is 0.524. The lowest BCUT2D eigenvalue weighted by Gasteiger charge is -2.32. The zero-order valence-electron chi connectivity index (χ0n) is 16.2. The van der Waals surface area contributed by atoms with Crippen LogP contribution in [0.4, 0.5) is 0 Å². The maximum Gasteiger partial charge on any atom is 0.270 e. The van der Waals surface area contributed by atoms with Crippen molar-refractivity contribution in [2.45, 2.75) is 45.6 Å². The third kappa shape index (κ3) is 5.53. The molecule has 1 aliphatic rings. The third-order valence-electron chi connectivity index (χ3n) is 4.90. The van der Waals surface area contributed by atoms with Gasteiger partial charge in [0.05, 0.1) is 6.61 Å². The first kappa shape index (κ1) is 19.8. The highest BCUT2D eigenvalue weighted by atomic mass is 32.1. The van der Waals surface area contributed by atoms with Crippen molar-refractivity contribution in [2.75, 3.05) is 26.2 Å². The first-order chi connectivity index (χ1) is 13.2. The number of likely N-dealkylation sites (tertiary alicyclic amines) is 1. The van der Waals surface area contributed by atoms with Gasteiger partial charge in [-0.05, 0) is 57.0 Å². The van der Waals surface area contributed by atoms with Gasteiger partial charge in [0, 0.05) is 30.1 Å². The Bertz CT molecular complexity index is 721. The van der Waals surface area contributed by atoms with Crippen molar-refractivity contribution in [1.82, 2.24) is 15.2 Å². The Labute approximate surface area is 165 Å². The van der Waals surface area contributed by atoms with E-state index in [0.717, 1.165) is 42.3 Å². The number of rotatable bonds is 8. The molecule has 0 aliphatic carbocycles. The van der Waals surface area contributed by atoms with Gasteiger partial charge in [-0.2, -0.15) is 0 Å². The Hall–Kier alpha value is -1.92. The number of nitrogens with zero attached hydrogens (tertiary/aromatic N) is 2. The summed E-state index contributed by atoms with van der Waals surface area (Å²) in [6.07, 6.45) is 4.53. The lowest BCUT2D eigenvalue weighted by atomic mass is 10.0. The van der Waals surface area contributed by atoms with Gasteiger partial charge in [-0.15, -0.1) is 11.3 Å². The number of hydrogen-bond donors (Lipinski definition) is 1. The lowest BCUT2D eigenvalue weighted by molar-refractivity contribution is 0.0906. The lowest BCUT2D eigenvalue weighted by Crippen LogP contribution is -2.44. The topological polar surface area (TPSA) is 54.5 Å². The van der Waals surface area contributed by atoms with Crippen LogP contribution in [-0.4, -0.2) is 48.1 Å². The van der Waals surface area contributed by atoms with E-state index in [-0.39, 0.29) is 11.9 Å². The summed E-state index contributed by atoms with van der Waals surface area (Å²) in [5, 5.41) is 5.86. The highest BCUT2D eigenvalue weighted by Gasteiger charge is 2.22. The van der Waals surface area contributed by atoms with E-state index in [9.17, 15) is 4.79 Å². The Morgan fingerprint density at radius 1 is 1.26 bits per heavy atom. The van der Waals surface area contributed by atoms with Crippen LogP contribution in [-0.2, 0) is 0 Å². The van der Waals surface area contributed by atoms with Crippen LogP contribution in [0, 0.1) is 0 Å². The van der Waals surface area contributed by atoms with Crippen LogP contribution in [0.2, 0.25) is 0 Å². The maximum absolute atomic E-state index is 12.5. The summed E-state index contributed by atoms with van der Waals surface area (Å²) in [4.78, 5) is 19.6. The molecule has 1 aromatic heterocycles. The van der Waals surface area contributed by atoms with Gasteiger partial charge in [-0.3, -0.25) is 4.79 Å². The molecule has 6 heteroatoms. The van der Waals surface area contributed by atoms with E-state index < -0.39 is 0 Å². The molecule has 1 N–H and O–H groups in total. The van der Waals surface area contributed by atoms with Crippen LogP contribution in [0.1, 0.15) is 50.0 Å². The number of aromatic nitrogens is 1. The Morgan fingerprint density at radius 3 is 2.67 bits per heavy atom. The molecule has 0 bridgehead atoms. The number of thiazole rings is 1. The number of piperidine rings is 1. The molecule has 0 radical (unpaired) electrons. The van der Waals surface area contributed by atoms with Gasteiger partial charge in [0.1, 0.15) is 16.5 Å². The van der Waals surface area contributed by atoms with Crippen molar-refractivity contribution in [1.29, 1.82) is 0 Å². The first-order valence-corrected chi connectivity index (χ1v) is 10.8. The number of carbonyl (C=O) groups excluding carboxylic acids is 1. The van der Waals surface area contributed by atoms with Gasteiger partial charge in [-0.1, -0.05) is 13.3 Å². The predicted molar refractivity (Wildman–Crippen MR) is 111 cm³/mol. The molecule has 0 spiro atoms. The van der Waals surface area contributed by atoms with Crippen LogP contribution < -0.4 is 10.1 Å². The standard InChI is InChI=1S/C21H29N3O2S/c1-3-5-12-24-13-10-17(11-14-24)22-20(25)19-15-27-21(23-19)16-6-8-18(9-7-16)26-4-2/h6-9,15,17H,3-5,10-14H2,1-2H3,(H,22,25). The SMILES string of the molecule is CCCCN1CCC(NC(=O)c2csc(-c3ccc(OCC)cc3)n2)CC1. The normalized spacial score (nSPS) is 15.6. The van der Waals surface area contributed by atoms with Crippen LogP contribution in [0.15, 0.2) is 29.6 Å². The molecule has 3 rings (SSSR count). The minimum atomic E-state index is -0.0598. The molecule has 0 saturated carbocycles. The molecule has 2 heterocycles. The summed E-state index contributed by atoms with van der Waals surface area (Å²) in [7, 11) is 0. The molecular formula is C21H29N3O2S. The molecule has 5 nitrogen and oxygen atoms in total. The molecular weight excluding hydrogens is 358 g/mol. The molecule has 0 atom stereocenters.